The van der Waals surface area contributed by atoms with Crippen LogP contribution in [0.4, 0.5) is 0 Å². The third-order valence-corrected chi connectivity index (χ3v) is 11.4. The van der Waals surface area contributed by atoms with Gasteiger partial charge in [0.25, 0.3) is 0 Å². The predicted molar refractivity (Wildman–Crippen MR) is 129 cm³/mol. The van der Waals surface area contributed by atoms with Crippen molar-refractivity contribution in [3.63, 3.8) is 0 Å². The second-order valence-corrected chi connectivity index (χ2v) is 15.7. The van der Waals surface area contributed by atoms with Gasteiger partial charge in [-0.25, -0.2) is 0 Å². The number of aliphatic hydroxyl groups excluding tert-OH is 1. The molecule has 0 saturated carbocycles. The van der Waals surface area contributed by atoms with Gasteiger partial charge in [-0.3, -0.25) is 0 Å². The van der Waals surface area contributed by atoms with Crippen LogP contribution in [-0.2, 0) is 4.43 Å². The van der Waals surface area contributed by atoms with E-state index in [9.17, 15) is 5.11 Å². The van der Waals surface area contributed by atoms with E-state index >= 15 is 0 Å². The Morgan fingerprint density at radius 3 is 2.48 bits per heavy atom. The third kappa shape index (κ3) is 7.93. The molecule has 0 aromatic rings. The van der Waals surface area contributed by atoms with Crippen molar-refractivity contribution in [2.45, 2.75) is 98.9 Å². The number of hydrogen-bond donors (Lipinski definition) is 1. The van der Waals surface area contributed by atoms with Gasteiger partial charge in [0.15, 0.2) is 8.32 Å². The van der Waals surface area contributed by atoms with E-state index in [1.54, 1.807) is 0 Å². The normalized spacial score (nSPS) is 21.9. The van der Waals surface area contributed by atoms with Gasteiger partial charge in [0, 0.05) is 0 Å². The summed E-state index contributed by atoms with van der Waals surface area (Å²) < 4.78 is 6.17. The maximum atomic E-state index is 10.4. The Morgan fingerprint density at radius 2 is 1.93 bits per heavy atom. The van der Waals surface area contributed by atoms with E-state index in [0.717, 1.165) is 17.6 Å². The Hall–Kier alpha value is -1.08. The van der Waals surface area contributed by atoms with Gasteiger partial charge in [-0.15, -0.1) is 0 Å². The Bertz CT molecular complexity index is 705. The minimum absolute atomic E-state index is 0.207. The second-order valence-electron chi connectivity index (χ2n) is 10.8. The molecule has 3 heteroatoms. The quantitative estimate of drug-likeness (QED) is 0.286. The van der Waals surface area contributed by atoms with E-state index in [1.165, 1.54) is 18.4 Å². The van der Waals surface area contributed by atoms with Crippen molar-refractivity contribution in [2.75, 3.05) is 6.61 Å². The van der Waals surface area contributed by atoms with Gasteiger partial charge in [0.05, 0.1) is 6.61 Å². The molecule has 0 aliphatic heterocycles. The topological polar surface area (TPSA) is 29.5 Å². The van der Waals surface area contributed by atoms with Crippen LogP contribution in [0.15, 0.2) is 34.9 Å². The summed E-state index contributed by atoms with van der Waals surface area (Å²) in [6.45, 7) is 22.7. The first kappa shape index (κ1) is 26.0. The largest absolute Gasteiger partial charge is 0.413 e. The van der Waals surface area contributed by atoms with Gasteiger partial charge in [-0.1, -0.05) is 64.2 Å². The van der Waals surface area contributed by atoms with Crippen LogP contribution < -0.4 is 0 Å². The van der Waals surface area contributed by atoms with Crippen LogP contribution in [0.5, 0.6) is 0 Å². The zero-order valence-corrected chi connectivity index (χ0v) is 21.6. The molecule has 2 atom stereocenters. The Labute approximate surface area is 181 Å². The maximum absolute atomic E-state index is 10.4. The molecular weight excluding hydrogens is 372 g/mol. The lowest BCUT2D eigenvalue weighted by molar-refractivity contribution is 0.215. The van der Waals surface area contributed by atoms with E-state index in [0.29, 0.717) is 17.9 Å². The summed E-state index contributed by atoms with van der Waals surface area (Å²) >= 11 is 0. The van der Waals surface area contributed by atoms with Crippen LogP contribution >= 0.6 is 0 Å². The van der Waals surface area contributed by atoms with Crippen molar-refractivity contribution in [2.24, 2.45) is 11.3 Å². The van der Waals surface area contributed by atoms with Crippen LogP contribution in [0.1, 0.15) is 74.7 Å². The SMILES string of the molecule is CC1=CCCC(C)(C)C1C/C=C(\C)C(O)C#C/C(C)=C/CO[Si](C)(C)C(C)(C)C. The maximum Gasteiger partial charge on any atom is 0.192 e. The van der Waals surface area contributed by atoms with Gasteiger partial charge >= 0.3 is 0 Å². The molecule has 2 unspecified atom stereocenters. The summed E-state index contributed by atoms with van der Waals surface area (Å²) in [5, 5.41) is 10.7. The molecule has 1 rings (SSSR count). The molecule has 2 nitrogen and oxygen atoms in total. The van der Waals surface area contributed by atoms with Crippen molar-refractivity contribution in [3.8, 4) is 11.8 Å². The molecule has 0 fully saturated rings. The summed E-state index contributed by atoms with van der Waals surface area (Å²) in [4.78, 5) is 0. The van der Waals surface area contributed by atoms with Crippen molar-refractivity contribution in [1.29, 1.82) is 0 Å². The highest BCUT2D eigenvalue weighted by Gasteiger charge is 2.36. The number of aliphatic hydroxyl groups is 1. The van der Waals surface area contributed by atoms with Crippen molar-refractivity contribution in [1.82, 2.24) is 0 Å². The molecule has 1 aliphatic rings. The fraction of sp³-hybridized carbons (Fsp3) is 0.692. The van der Waals surface area contributed by atoms with E-state index < -0.39 is 14.4 Å². The second kappa shape index (κ2) is 10.3. The minimum atomic E-state index is -1.74. The Balaban J connectivity index is 2.68. The molecular formula is C26H44O2Si. The average Bonchev–Trinajstić information content (AvgIpc) is 2.57. The average molecular weight is 417 g/mol. The van der Waals surface area contributed by atoms with Crippen molar-refractivity contribution >= 4 is 8.32 Å². The first-order valence-corrected chi connectivity index (χ1v) is 13.9. The first-order valence-electron chi connectivity index (χ1n) is 11.0. The lowest BCUT2D eigenvalue weighted by Crippen LogP contribution is -2.40. The van der Waals surface area contributed by atoms with Crippen molar-refractivity contribution in [3.05, 3.63) is 34.9 Å². The number of allylic oxidation sites excluding steroid dienone is 4. The molecule has 164 valence electrons. The van der Waals surface area contributed by atoms with Crippen LogP contribution in [0.3, 0.4) is 0 Å². The molecule has 0 spiro atoms. The molecule has 0 radical (unpaired) electrons. The molecule has 29 heavy (non-hydrogen) atoms. The molecule has 0 saturated heterocycles. The van der Waals surface area contributed by atoms with E-state index in [2.05, 4.69) is 78.6 Å². The number of hydrogen-bond acceptors (Lipinski definition) is 2. The highest BCUT2D eigenvalue weighted by atomic mass is 28.4. The fourth-order valence-electron chi connectivity index (χ4n) is 3.46. The van der Waals surface area contributed by atoms with Gasteiger partial charge in [0.1, 0.15) is 6.10 Å². The lowest BCUT2D eigenvalue weighted by atomic mass is 9.67. The highest BCUT2D eigenvalue weighted by molar-refractivity contribution is 6.74. The zero-order valence-electron chi connectivity index (χ0n) is 20.6. The van der Waals surface area contributed by atoms with E-state index in [4.69, 9.17) is 4.43 Å². The molecule has 0 heterocycles. The van der Waals surface area contributed by atoms with Gasteiger partial charge in [-0.2, -0.15) is 0 Å². The Morgan fingerprint density at radius 1 is 1.31 bits per heavy atom. The summed E-state index contributed by atoms with van der Waals surface area (Å²) in [5.74, 6) is 6.63. The summed E-state index contributed by atoms with van der Waals surface area (Å²) in [7, 11) is -1.74. The Kier molecular flexibility index (Phi) is 9.21. The van der Waals surface area contributed by atoms with E-state index in [1.807, 2.05) is 19.9 Å². The molecule has 0 aromatic heterocycles. The molecule has 1 N–H and O–H groups in total. The van der Waals surface area contributed by atoms with Crippen LogP contribution in [0.2, 0.25) is 18.1 Å². The van der Waals surface area contributed by atoms with Gasteiger partial charge < -0.3 is 9.53 Å². The summed E-state index contributed by atoms with van der Waals surface area (Å²) in [6, 6.07) is 0. The highest BCUT2D eigenvalue weighted by Crippen LogP contribution is 2.43. The molecule has 1 aliphatic carbocycles. The van der Waals surface area contributed by atoms with Crippen LogP contribution in [-0.4, -0.2) is 26.1 Å². The predicted octanol–water partition coefficient (Wildman–Crippen LogP) is 7.04. The number of rotatable bonds is 6. The van der Waals surface area contributed by atoms with Crippen LogP contribution in [0, 0.1) is 23.2 Å². The fourth-order valence-corrected chi connectivity index (χ4v) is 4.40. The monoisotopic (exact) mass is 416 g/mol. The summed E-state index contributed by atoms with van der Waals surface area (Å²) in [6.07, 6.45) is 9.23. The smallest absolute Gasteiger partial charge is 0.192 e. The molecule has 0 amide bonds. The van der Waals surface area contributed by atoms with Gasteiger partial charge in [0.2, 0.25) is 0 Å². The van der Waals surface area contributed by atoms with Crippen molar-refractivity contribution < 1.29 is 9.53 Å². The third-order valence-electron chi connectivity index (χ3n) is 6.90. The first-order chi connectivity index (χ1) is 13.2. The minimum Gasteiger partial charge on any atom is -0.413 e. The summed E-state index contributed by atoms with van der Waals surface area (Å²) in [5.41, 5.74) is 3.68. The molecule has 0 aromatic carbocycles. The molecule has 0 bridgehead atoms. The standard InChI is InChI=1S/C26H44O2Si/c1-20(17-19-28-29(9,10)25(4,5)6)13-16-24(27)22(3)14-15-23-21(2)12-11-18-26(23,7)8/h12,14,17,23-24,27H,11,15,18-19H2,1-10H3/b20-17+,22-14+. The lowest BCUT2D eigenvalue weighted by Gasteiger charge is -2.38. The van der Waals surface area contributed by atoms with E-state index in [-0.39, 0.29) is 5.04 Å². The van der Waals surface area contributed by atoms with Crippen LogP contribution in [0.25, 0.3) is 0 Å². The zero-order chi connectivity index (χ0) is 22.5. The van der Waals surface area contributed by atoms with Gasteiger partial charge in [-0.05, 0) is 86.7 Å².